The second kappa shape index (κ2) is 7.22. The molecule has 4 rings (SSSR count). The van der Waals surface area contributed by atoms with Gasteiger partial charge in [0.1, 0.15) is 12.4 Å². The minimum atomic E-state index is 0.359. The van der Waals surface area contributed by atoms with E-state index in [2.05, 4.69) is 29.9 Å². The van der Waals surface area contributed by atoms with E-state index in [1.165, 1.54) is 0 Å². The third-order valence-electron chi connectivity index (χ3n) is 4.42. The number of aromatic nitrogens is 4. The molecule has 1 fully saturated rings. The van der Waals surface area contributed by atoms with E-state index in [0.717, 1.165) is 37.1 Å². The summed E-state index contributed by atoms with van der Waals surface area (Å²) in [4.78, 5) is 17.9. The molecule has 26 heavy (non-hydrogen) atoms. The number of nitrogens with zero attached hydrogens (tertiary/aromatic N) is 6. The maximum atomic E-state index is 6.09. The average Bonchev–Trinajstić information content (AvgIpc) is 3.10. The van der Waals surface area contributed by atoms with Gasteiger partial charge in [-0.15, -0.1) is 0 Å². The number of para-hydroxylation sites is 1. The third-order valence-corrected chi connectivity index (χ3v) is 4.42. The monoisotopic (exact) mass is 355 g/mol. The van der Waals surface area contributed by atoms with Crippen LogP contribution in [0.2, 0.25) is 0 Å². The van der Waals surface area contributed by atoms with Gasteiger partial charge in [-0.05, 0) is 12.1 Å². The van der Waals surface area contributed by atoms with Gasteiger partial charge in [0.15, 0.2) is 5.82 Å². The highest BCUT2D eigenvalue weighted by atomic mass is 16.5. The van der Waals surface area contributed by atoms with Gasteiger partial charge in [0.05, 0.1) is 12.1 Å². The molecule has 0 bridgehead atoms. The third kappa shape index (κ3) is 3.44. The molecule has 136 valence electrons. The van der Waals surface area contributed by atoms with Gasteiger partial charge in [0.2, 0.25) is 11.8 Å². The molecule has 1 aliphatic rings. The molecule has 1 aliphatic heterocycles. The van der Waals surface area contributed by atoms with E-state index in [1.807, 2.05) is 24.3 Å². The van der Waals surface area contributed by atoms with Gasteiger partial charge in [-0.1, -0.05) is 17.3 Å². The van der Waals surface area contributed by atoms with Gasteiger partial charge in [-0.2, -0.15) is 9.97 Å². The van der Waals surface area contributed by atoms with Crippen molar-refractivity contribution in [3.05, 3.63) is 36.0 Å². The molecule has 0 radical (unpaired) electrons. The molecule has 2 N–H and O–H groups in total. The van der Waals surface area contributed by atoms with E-state index in [9.17, 15) is 0 Å². The van der Waals surface area contributed by atoms with Crippen molar-refractivity contribution in [2.45, 2.75) is 13.2 Å². The predicted octanol–water partition coefficient (Wildman–Crippen LogP) is 1.06. The maximum absolute atomic E-state index is 6.09. The molecular formula is C17H21N7O2. The van der Waals surface area contributed by atoms with Crippen LogP contribution in [0.5, 0.6) is 0 Å². The number of methoxy groups -OCH3 is 1. The van der Waals surface area contributed by atoms with E-state index in [-0.39, 0.29) is 0 Å². The van der Waals surface area contributed by atoms with Crippen molar-refractivity contribution in [2.24, 2.45) is 0 Å². The minimum Gasteiger partial charge on any atom is -0.383 e. The first-order chi connectivity index (χ1) is 12.7. The fourth-order valence-electron chi connectivity index (χ4n) is 3.07. The number of rotatable bonds is 5. The van der Waals surface area contributed by atoms with Gasteiger partial charge >= 0.3 is 0 Å². The molecule has 0 aliphatic carbocycles. The Bertz CT molecular complexity index is 890. The lowest BCUT2D eigenvalue weighted by Crippen LogP contribution is -2.46. The van der Waals surface area contributed by atoms with Crippen LogP contribution >= 0.6 is 0 Å². The zero-order chi connectivity index (χ0) is 17.9. The van der Waals surface area contributed by atoms with Crippen LogP contribution in [0.3, 0.4) is 0 Å². The molecule has 1 saturated heterocycles. The van der Waals surface area contributed by atoms with Crippen molar-refractivity contribution < 1.29 is 9.26 Å². The Balaban J connectivity index is 1.40. The Morgan fingerprint density at radius 1 is 1.12 bits per heavy atom. The van der Waals surface area contributed by atoms with E-state index < -0.39 is 0 Å². The molecule has 0 atom stereocenters. The first kappa shape index (κ1) is 16.7. The number of anilines is 2. The van der Waals surface area contributed by atoms with Crippen LogP contribution in [-0.2, 0) is 17.9 Å². The first-order valence-electron chi connectivity index (χ1n) is 8.53. The fraction of sp³-hybridized carbons (Fsp3) is 0.412. The van der Waals surface area contributed by atoms with Crippen molar-refractivity contribution >= 4 is 22.7 Å². The Morgan fingerprint density at radius 2 is 1.92 bits per heavy atom. The summed E-state index contributed by atoms with van der Waals surface area (Å²) in [6, 6.07) is 7.80. The molecule has 0 saturated carbocycles. The van der Waals surface area contributed by atoms with Crippen molar-refractivity contribution in [2.75, 3.05) is 43.9 Å². The SMILES string of the molecule is COCc1noc(CN2CCN(c3nc(N)c4ccccc4n3)CC2)n1. The molecule has 2 aromatic heterocycles. The van der Waals surface area contributed by atoms with Gasteiger partial charge in [0.25, 0.3) is 0 Å². The Kier molecular flexibility index (Phi) is 4.63. The zero-order valence-electron chi connectivity index (χ0n) is 14.6. The summed E-state index contributed by atoms with van der Waals surface area (Å²) >= 11 is 0. The lowest BCUT2D eigenvalue weighted by molar-refractivity contribution is 0.174. The largest absolute Gasteiger partial charge is 0.383 e. The van der Waals surface area contributed by atoms with Crippen molar-refractivity contribution in [1.29, 1.82) is 0 Å². The molecule has 9 nitrogen and oxygen atoms in total. The highest BCUT2D eigenvalue weighted by Gasteiger charge is 2.21. The molecule has 0 amide bonds. The number of piperazine rings is 1. The van der Waals surface area contributed by atoms with Crippen LogP contribution in [0.15, 0.2) is 28.8 Å². The molecule has 0 unspecified atom stereocenters. The lowest BCUT2D eigenvalue weighted by Gasteiger charge is -2.34. The van der Waals surface area contributed by atoms with E-state index >= 15 is 0 Å². The number of benzene rings is 1. The van der Waals surface area contributed by atoms with Crippen molar-refractivity contribution in [3.63, 3.8) is 0 Å². The maximum Gasteiger partial charge on any atom is 0.240 e. The van der Waals surface area contributed by atoms with E-state index in [0.29, 0.717) is 36.6 Å². The lowest BCUT2D eigenvalue weighted by atomic mass is 10.2. The van der Waals surface area contributed by atoms with Gasteiger partial charge in [0, 0.05) is 38.7 Å². The molecule has 9 heteroatoms. The van der Waals surface area contributed by atoms with Gasteiger partial charge < -0.3 is 19.9 Å². The quantitative estimate of drug-likeness (QED) is 0.719. The van der Waals surface area contributed by atoms with Crippen LogP contribution in [0.25, 0.3) is 10.9 Å². The van der Waals surface area contributed by atoms with Crippen molar-refractivity contribution in [3.8, 4) is 0 Å². The number of ether oxygens (including phenoxy) is 1. The minimum absolute atomic E-state index is 0.359. The molecule has 0 spiro atoms. The summed E-state index contributed by atoms with van der Waals surface area (Å²) in [5.74, 6) is 2.38. The molecule has 3 aromatic rings. The standard InChI is InChI=1S/C17H21N7O2/c1-25-11-14-20-15(26-22-14)10-23-6-8-24(9-7-23)17-19-13-5-3-2-4-12(13)16(18)21-17/h2-5H,6-11H2,1H3,(H2,18,19,21). The molecule has 3 heterocycles. The molecular weight excluding hydrogens is 334 g/mol. The Morgan fingerprint density at radius 3 is 2.73 bits per heavy atom. The van der Waals surface area contributed by atoms with Crippen LogP contribution < -0.4 is 10.6 Å². The smallest absolute Gasteiger partial charge is 0.240 e. The van der Waals surface area contributed by atoms with E-state index in [1.54, 1.807) is 7.11 Å². The van der Waals surface area contributed by atoms with Crippen LogP contribution in [0.4, 0.5) is 11.8 Å². The highest BCUT2D eigenvalue weighted by Crippen LogP contribution is 2.22. The highest BCUT2D eigenvalue weighted by molar-refractivity contribution is 5.88. The summed E-state index contributed by atoms with van der Waals surface area (Å²) in [6.07, 6.45) is 0. The van der Waals surface area contributed by atoms with Crippen LogP contribution in [0, 0.1) is 0 Å². The summed E-state index contributed by atoms with van der Waals surface area (Å²) < 4.78 is 10.3. The second-order valence-electron chi connectivity index (χ2n) is 6.23. The number of hydrogen-bond donors (Lipinski definition) is 1. The number of nitrogens with two attached hydrogens (primary N) is 1. The summed E-state index contributed by atoms with van der Waals surface area (Å²) in [5, 5.41) is 4.78. The molecule has 1 aromatic carbocycles. The summed E-state index contributed by atoms with van der Waals surface area (Å²) in [6.45, 7) is 4.34. The van der Waals surface area contributed by atoms with E-state index in [4.69, 9.17) is 15.0 Å². The van der Waals surface area contributed by atoms with Gasteiger partial charge in [-0.25, -0.2) is 4.98 Å². The van der Waals surface area contributed by atoms with Crippen molar-refractivity contribution in [1.82, 2.24) is 25.0 Å². The fourth-order valence-corrected chi connectivity index (χ4v) is 3.07. The van der Waals surface area contributed by atoms with Gasteiger partial charge in [-0.3, -0.25) is 4.90 Å². The van der Waals surface area contributed by atoms with Crippen LogP contribution in [0.1, 0.15) is 11.7 Å². The average molecular weight is 355 g/mol. The second-order valence-corrected chi connectivity index (χ2v) is 6.23. The van der Waals surface area contributed by atoms with Crippen LogP contribution in [-0.4, -0.2) is 58.3 Å². The first-order valence-corrected chi connectivity index (χ1v) is 8.53. The number of fused-ring (bicyclic) bond motifs is 1. The number of hydrogen-bond acceptors (Lipinski definition) is 9. The predicted molar refractivity (Wildman–Crippen MR) is 96.5 cm³/mol. The normalized spacial score (nSPS) is 15.7. The Labute approximate surface area is 150 Å². The Hall–Kier alpha value is -2.78. The zero-order valence-corrected chi connectivity index (χ0v) is 14.6. The summed E-state index contributed by atoms with van der Waals surface area (Å²) in [7, 11) is 1.61. The topological polar surface area (TPSA) is 106 Å². The number of nitrogen functional groups attached to an aromatic ring is 1. The summed E-state index contributed by atoms with van der Waals surface area (Å²) in [5.41, 5.74) is 6.96.